The van der Waals surface area contributed by atoms with E-state index in [9.17, 15) is 5.11 Å². The molecule has 0 bridgehead atoms. The number of ether oxygens (including phenoxy) is 2. The van der Waals surface area contributed by atoms with Crippen molar-refractivity contribution in [1.29, 1.82) is 0 Å². The van der Waals surface area contributed by atoms with Gasteiger partial charge >= 0.3 is 0 Å². The fourth-order valence-electron chi connectivity index (χ4n) is 3.75. The maximum atomic E-state index is 10.5. The maximum absolute atomic E-state index is 10.5. The monoisotopic (exact) mass is 240 g/mol. The van der Waals surface area contributed by atoms with E-state index in [0.717, 1.165) is 32.5 Å². The van der Waals surface area contributed by atoms with Crippen LogP contribution in [-0.2, 0) is 9.47 Å². The first-order valence-corrected chi connectivity index (χ1v) is 7.12. The van der Waals surface area contributed by atoms with Gasteiger partial charge < -0.3 is 14.6 Å². The van der Waals surface area contributed by atoms with Crippen molar-refractivity contribution in [2.24, 2.45) is 11.8 Å². The number of aliphatic hydroxyl groups excluding tert-OH is 1. The second kappa shape index (κ2) is 4.52. The average Bonchev–Trinajstić information content (AvgIpc) is 2.73. The Bertz CT molecular complexity index is 275. The van der Waals surface area contributed by atoms with Crippen LogP contribution < -0.4 is 0 Å². The molecule has 3 aliphatic rings. The van der Waals surface area contributed by atoms with Crippen LogP contribution in [-0.4, -0.2) is 36.1 Å². The first-order chi connectivity index (χ1) is 8.19. The molecule has 4 atom stereocenters. The zero-order chi connectivity index (χ0) is 11.9. The Morgan fingerprint density at radius 2 is 2.12 bits per heavy atom. The van der Waals surface area contributed by atoms with Gasteiger partial charge in [-0.3, -0.25) is 0 Å². The van der Waals surface area contributed by atoms with Gasteiger partial charge in [-0.2, -0.15) is 0 Å². The molecule has 17 heavy (non-hydrogen) atoms. The molecule has 2 saturated heterocycles. The lowest BCUT2D eigenvalue weighted by Gasteiger charge is -2.48. The standard InChI is InChI=1S/C14H24O3/c1-10-7-12(9-16-10)13(15)11-3-6-17-14(8-11)4-2-5-14/h10-13,15H,2-9H2,1H3. The van der Waals surface area contributed by atoms with Crippen LogP contribution in [0, 0.1) is 11.8 Å². The zero-order valence-corrected chi connectivity index (χ0v) is 10.7. The molecule has 1 N–H and O–H groups in total. The molecule has 0 aromatic rings. The van der Waals surface area contributed by atoms with Gasteiger partial charge in [-0.05, 0) is 51.4 Å². The molecule has 0 amide bonds. The third-order valence-electron chi connectivity index (χ3n) is 4.99. The Hall–Kier alpha value is -0.120. The van der Waals surface area contributed by atoms with Crippen molar-refractivity contribution in [3.8, 4) is 0 Å². The van der Waals surface area contributed by atoms with Crippen molar-refractivity contribution in [3.05, 3.63) is 0 Å². The lowest BCUT2D eigenvalue weighted by atomic mass is 9.69. The third kappa shape index (κ3) is 2.25. The van der Waals surface area contributed by atoms with Crippen LogP contribution in [0.25, 0.3) is 0 Å². The molecule has 2 heterocycles. The van der Waals surface area contributed by atoms with Gasteiger partial charge in [-0.25, -0.2) is 0 Å². The summed E-state index contributed by atoms with van der Waals surface area (Å²) in [6.45, 7) is 3.68. The summed E-state index contributed by atoms with van der Waals surface area (Å²) in [5.74, 6) is 0.785. The summed E-state index contributed by atoms with van der Waals surface area (Å²) in [5, 5.41) is 10.5. The average molecular weight is 240 g/mol. The zero-order valence-electron chi connectivity index (χ0n) is 10.7. The van der Waals surface area contributed by atoms with Crippen LogP contribution in [0.2, 0.25) is 0 Å². The van der Waals surface area contributed by atoms with Crippen LogP contribution in [0.1, 0.15) is 45.4 Å². The molecule has 3 nitrogen and oxygen atoms in total. The normalized spacial score (nSPS) is 42.4. The van der Waals surface area contributed by atoms with Crippen LogP contribution in [0.5, 0.6) is 0 Å². The molecule has 3 heteroatoms. The van der Waals surface area contributed by atoms with E-state index in [1.807, 2.05) is 0 Å². The highest BCUT2D eigenvalue weighted by molar-refractivity contribution is 4.96. The minimum Gasteiger partial charge on any atom is -0.392 e. The Labute approximate surface area is 103 Å². The molecule has 0 radical (unpaired) electrons. The molecule has 3 rings (SSSR count). The molecule has 2 aliphatic heterocycles. The highest BCUT2D eigenvalue weighted by atomic mass is 16.5. The van der Waals surface area contributed by atoms with Crippen LogP contribution in [0.15, 0.2) is 0 Å². The predicted octanol–water partition coefficient (Wildman–Crippen LogP) is 2.12. The topological polar surface area (TPSA) is 38.7 Å². The summed E-state index contributed by atoms with van der Waals surface area (Å²) >= 11 is 0. The van der Waals surface area contributed by atoms with E-state index in [-0.39, 0.29) is 11.7 Å². The lowest BCUT2D eigenvalue weighted by molar-refractivity contribution is -0.161. The molecule has 1 aliphatic carbocycles. The summed E-state index contributed by atoms with van der Waals surface area (Å²) in [7, 11) is 0. The first-order valence-electron chi connectivity index (χ1n) is 7.12. The number of rotatable bonds is 2. The van der Waals surface area contributed by atoms with Gasteiger partial charge in [-0.15, -0.1) is 0 Å². The fourth-order valence-corrected chi connectivity index (χ4v) is 3.75. The third-order valence-corrected chi connectivity index (χ3v) is 4.99. The minimum absolute atomic E-state index is 0.148. The fraction of sp³-hybridized carbons (Fsp3) is 1.00. The molecule has 3 fully saturated rings. The van der Waals surface area contributed by atoms with Crippen molar-refractivity contribution in [2.75, 3.05) is 13.2 Å². The van der Waals surface area contributed by atoms with Crippen molar-refractivity contribution in [2.45, 2.75) is 63.3 Å². The van der Waals surface area contributed by atoms with Crippen molar-refractivity contribution >= 4 is 0 Å². The van der Waals surface area contributed by atoms with E-state index in [1.165, 1.54) is 19.3 Å². The summed E-state index contributed by atoms with van der Waals surface area (Å²) in [6.07, 6.45) is 6.96. The maximum Gasteiger partial charge on any atom is 0.0686 e. The Morgan fingerprint density at radius 3 is 2.71 bits per heavy atom. The summed E-state index contributed by atoms with van der Waals surface area (Å²) in [4.78, 5) is 0. The number of aliphatic hydroxyl groups is 1. The van der Waals surface area contributed by atoms with Gasteiger partial charge in [-0.1, -0.05) is 0 Å². The second-order valence-electron chi connectivity index (χ2n) is 6.27. The molecular formula is C14H24O3. The van der Waals surface area contributed by atoms with E-state index in [4.69, 9.17) is 9.47 Å². The van der Waals surface area contributed by atoms with E-state index in [1.54, 1.807) is 0 Å². The summed E-state index contributed by atoms with van der Waals surface area (Å²) in [5.41, 5.74) is 0.148. The van der Waals surface area contributed by atoms with Gasteiger partial charge in [0.05, 0.1) is 24.4 Å². The van der Waals surface area contributed by atoms with Gasteiger partial charge in [0, 0.05) is 12.5 Å². The van der Waals surface area contributed by atoms with Gasteiger partial charge in [0.15, 0.2) is 0 Å². The van der Waals surface area contributed by atoms with Crippen molar-refractivity contribution in [1.82, 2.24) is 0 Å². The second-order valence-corrected chi connectivity index (χ2v) is 6.27. The van der Waals surface area contributed by atoms with E-state index in [0.29, 0.717) is 17.9 Å². The smallest absolute Gasteiger partial charge is 0.0686 e. The highest BCUT2D eigenvalue weighted by Gasteiger charge is 2.45. The number of hydrogen-bond donors (Lipinski definition) is 1. The quantitative estimate of drug-likeness (QED) is 0.803. The van der Waals surface area contributed by atoms with Crippen molar-refractivity contribution in [3.63, 3.8) is 0 Å². The Kier molecular flexibility index (Phi) is 3.18. The van der Waals surface area contributed by atoms with Crippen LogP contribution in [0.4, 0.5) is 0 Å². The molecule has 0 aromatic carbocycles. The minimum atomic E-state index is -0.179. The van der Waals surface area contributed by atoms with Gasteiger partial charge in [0.1, 0.15) is 0 Å². The summed E-state index contributed by atoms with van der Waals surface area (Å²) < 4.78 is 11.5. The van der Waals surface area contributed by atoms with Gasteiger partial charge in [0.25, 0.3) is 0 Å². The Balaban J connectivity index is 1.59. The first kappa shape index (κ1) is 11.9. The molecule has 98 valence electrons. The summed E-state index contributed by atoms with van der Waals surface area (Å²) in [6, 6.07) is 0. The molecular weight excluding hydrogens is 216 g/mol. The van der Waals surface area contributed by atoms with E-state index >= 15 is 0 Å². The molecule has 1 spiro atoms. The van der Waals surface area contributed by atoms with Crippen LogP contribution >= 0.6 is 0 Å². The van der Waals surface area contributed by atoms with E-state index < -0.39 is 0 Å². The lowest BCUT2D eigenvalue weighted by Crippen LogP contribution is -2.48. The molecule has 4 unspecified atom stereocenters. The molecule has 1 saturated carbocycles. The largest absolute Gasteiger partial charge is 0.392 e. The highest BCUT2D eigenvalue weighted by Crippen LogP contribution is 2.46. The van der Waals surface area contributed by atoms with Crippen molar-refractivity contribution < 1.29 is 14.6 Å². The van der Waals surface area contributed by atoms with Crippen LogP contribution in [0.3, 0.4) is 0 Å². The predicted molar refractivity (Wildman–Crippen MR) is 64.8 cm³/mol. The SMILES string of the molecule is CC1CC(C(O)C2CCOC3(CCC3)C2)CO1. The molecule has 0 aromatic heterocycles. The van der Waals surface area contributed by atoms with E-state index in [2.05, 4.69) is 6.92 Å². The Morgan fingerprint density at radius 1 is 1.29 bits per heavy atom. The number of hydrogen-bond acceptors (Lipinski definition) is 3. The van der Waals surface area contributed by atoms with Gasteiger partial charge in [0.2, 0.25) is 0 Å².